The molecule has 0 unspecified atom stereocenters. The smallest absolute Gasteiger partial charge is 0.213 e. The maximum Gasteiger partial charge on any atom is 0.213 e. The summed E-state index contributed by atoms with van der Waals surface area (Å²) in [6, 6.07) is 16.2. The molecule has 0 atom stereocenters. The number of amides is 1. The molecule has 1 aromatic heterocycles. The van der Waals surface area contributed by atoms with Crippen molar-refractivity contribution in [3.8, 4) is 6.07 Å². The Morgan fingerprint density at radius 1 is 1.15 bits per heavy atom. The van der Waals surface area contributed by atoms with Crippen LogP contribution < -0.4 is 9.80 Å². The number of rotatable bonds is 9. The number of aromatic nitrogens is 1. The first-order valence-corrected chi connectivity index (χ1v) is 13.1. The maximum absolute atomic E-state index is 11.8. The van der Waals surface area contributed by atoms with Crippen molar-refractivity contribution in [1.29, 1.82) is 10.7 Å². The quantitative estimate of drug-likeness (QED) is 0.199. The van der Waals surface area contributed by atoms with E-state index < -0.39 is 5.41 Å². The van der Waals surface area contributed by atoms with E-state index in [-0.39, 0.29) is 0 Å². The molecule has 3 aromatic rings. The van der Waals surface area contributed by atoms with E-state index in [0.717, 1.165) is 71.4 Å². The average Bonchev–Trinajstić information content (AvgIpc) is 2.98. The first-order valence-electron chi connectivity index (χ1n) is 13.1. The summed E-state index contributed by atoms with van der Waals surface area (Å²) in [5, 5.41) is 18.5. The molecule has 0 bridgehead atoms. The van der Waals surface area contributed by atoms with Gasteiger partial charge in [0.25, 0.3) is 0 Å². The van der Waals surface area contributed by atoms with Crippen molar-refractivity contribution in [1.82, 2.24) is 4.98 Å². The van der Waals surface area contributed by atoms with Crippen LogP contribution >= 0.6 is 0 Å². The van der Waals surface area contributed by atoms with Crippen LogP contribution in [0.3, 0.4) is 0 Å². The van der Waals surface area contributed by atoms with Crippen molar-refractivity contribution in [3.63, 3.8) is 0 Å². The van der Waals surface area contributed by atoms with Crippen LogP contribution in [-0.2, 0) is 14.9 Å². The number of nitriles is 1. The number of ether oxygens (including phenoxy) is 1. The Labute approximate surface area is 230 Å². The lowest BCUT2D eigenvalue weighted by atomic mass is 9.86. The number of allylic oxidation sites excluding steroid dienone is 4. The van der Waals surface area contributed by atoms with Crippen LogP contribution in [-0.4, -0.2) is 44.9 Å². The maximum atomic E-state index is 11.8. The second kappa shape index (κ2) is 12.1. The predicted octanol–water partition coefficient (Wildman–Crippen LogP) is 6.41. The van der Waals surface area contributed by atoms with E-state index in [2.05, 4.69) is 17.1 Å². The van der Waals surface area contributed by atoms with E-state index in [4.69, 9.17) is 10.1 Å². The van der Waals surface area contributed by atoms with Gasteiger partial charge < -0.3 is 19.9 Å². The zero-order valence-electron chi connectivity index (χ0n) is 23.0. The van der Waals surface area contributed by atoms with Gasteiger partial charge in [0.1, 0.15) is 0 Å². The Morgan fingerprint density at radius 2 is 1.87 bits per heavy atom. The van der Waals surface area contributed by atoms with Crippen molar-refractivity contribution >= 4 is 46.2 Å². The molecule has 1 saturated heterocycles. The highest BCUT2D eigenvalue weighted by Gasteiger charge is 2.21. The summed E-state index contributed by atoms with van der Waals surface area (Å²) in [5.74, 6) is 0.495. The van der Waals surface area contributed by atoms with E-state index in [0.29, 0.717) is 11.6 Å². The fourth-order valence-corrected chi connectivity index (χ4v) is 4.76. The van der Waals surface area contributed by atoms with Gasteiger partial charge in [-0.1, -0.05) is 36.4 Å². The third-order valence-electron chi connectivity index (χ3n) is 7.36. The average molecular weight is 522 g/mol. The van der Waals surface area contributed by atoms with Crippen molar-refractivity contribution in [2.24, 2.45) is 5.92 Å². The van der Waals surface area contributed by atoms with Crippen LogP contribution in [0.25, 0.3) is 16.5 Å². The summed E-state index contributed by atoms with van der Waals surface area (Å²) in [7, 11) is 3.66. The Bertz CT molecular complexity index is 1440. The highest BCUT2D eigenvalue weighted by Crippen LogP contribution is 2.39. The lowest BCUT2D eigenvalue weighted by Gasteiger charge is -2.27. The van der Waals surface area contributed by atoms with Gasteiger partial charge in [0.05, 0.1) is 34.6 Å². The SMILES string of the molecule is CN(C=O)c1cnc2ccc(/C(C=N)=C/C=C/C3CCOCC3)cc2c1N(C)c1ccc(C(C)(C)C#N)cc1. The monoisotopic (exact) mass is 521 g/mol. The van der Waals surface area contributed by atoms with Crippen LogP contribution in [0.1, 0.15) is 37.8 Å². The Kier molecular flexibility index (Phi) is 8.58. The molecule has 1 N–H and O–H groups in total. The summed E-state index contributed by atoms with van der Waals surface area (Å²) >= 11 is 0. The molecule has 2 heterocycles. The molecule has 0 saturated carbocycles. The van der Waals surface area contributed by atoms with Crippen LogP contribution in [0.5, 0.6) is 0 Å². The minimum absolute atomic E-state index is 0.495. The summed E-state index contributed by atoms with van der Waals surface area (Å²) in [5.41, 5.74) is 5.20. The lowest BCUT2D eigenvalue weighted by Crippen LogP contribution is -2.20. The first kappa shape index (κ1) is 27.7. The number of carbonyl (C=O) groups is 1. The van der Waals surface area contributed by atoms with E-state index in [1.54, 1.807) is 13.2 Å². The predicted molar refractivity (Wildman–Crippen MR) is 159 cm³/mol. The van der Waals surface area contributed by atoms with Crippen LogP contribution in [0.15, 0.2) is 66.9 Å². The minimum Gasteiger partial charge on any atom is -0.381 e. The zero-order chi connectivity index (χ0) is 28.0. The summed E-state index contributed by atoms with van der Waals surface area (Å²) in [6.45, 7) is 5.38. The molecule has 2 aromatic carbocycles. The number of hydrogen-bond acceptors (Lipinski definition) is 6. The molecular formula is C32H35N5O2. The van der Waals surface area contributed by atoms with Gasteiger partial charge in [-0.3, -0.25) is 9.78 Å². The second-order valence-corrected chi connectivity index (χ2v) is 10.4. The molecule has 200 valence electrons. The van der Waals surface area contributed by atoms with Crippen LogP contribution in [0, 0.1) is 22.7 Å². The van der Waals surface area contributed by atoms with Gasteiger partial charge in [0.15, 0.2) is 0 Å². The highest BCUT2D eigenvalue weighted by atomic mass is 16.5. The molecule has 0 aliphatic carbocycles. The van der Waals surface area contributed by atoms with Gasteiger partial charge in [0.2, 0.25) is 6.41 Å². The molecule has 1 aliphatic rings. The second-order valence-electron chi connectivity index (χ2n) is 10.4. The highest BCUT2D eigenvalue weighted by molar-refractivity contribution is 6.11. The Morgan fingerprint density at radius 3 is 2.51 bits per heavy atom. The molecule has 7 nitrogen and oxygen atoms in total. The van der Waals surface area contributed by atoms with Gasteiger partial charge >= 0.3 is 0 Å². The Balaban J connectivity index is 1.78. The van der Waals surface area contributed by atoms with Crippen molar-refractivity contribution in [2.45, 2.75) is 32.1 Å². The van der Waals surface area contributed by atoms with E-state index in [1.165, 1.54) is 11.1 Å². The molecular weight excluding hydrogens is 486 g/mol. The number of hydrogen-bond donors (Lipinski definition) is 1. The summed E-state index contributed by atoms with van der Waals surface area (Å²) in [6.07, 6.45) is 12.1. The van der Waals surface area contributed by atoms with Gasteiger partial charge in [-0.25, -0.2) is 0 Å². The molecule has 7 heteroatoms. The van der Waals surface area contributed by atoms with Gasteiger partial charge in [0, 0.05) is 44.6 Å². The van der Waals surface area contributed by atoms with Crippen molar-refractivity contribution in [3.05, 3.63) is 78.0 Å². The third-order valence-corrected chi connectivity index (χ3v) is 7.36. The third kappa shape index (κ3) is 6.08. The summed E-state index contributed by atoms with van der Waals surface area (Å²) in [4.78, 5) is 20.0. The van der Waals surface area contributed by atoms with E-state index in [1.807, 2.05) is 80.4 Å². The first-order chi connectivity index (χ1) is 18.8. The molecule has 4 rings (SSSR count). The standard InChI is InChI=1S/C32H35N5O2/c1-32(2,21-34)26-9-11-27(12-10-26)37(4)31-28-18-24(8-13-29(28)35-20-30(31)36(3)22-38)25(19-33)7-5-6-23-14-16-39-17-15-23/h5-13,18-20,22-23,33H,14-17H2,1-4H3/b6-5+,25-7+,33-19?. The fraction of sp³-hybridized carbons (Fsp3) is 0.312. The molecule has 1 aliphatic heterocycles. The van der Waals surface area contributed by atoms with Gasteiger partial charge in [-0.15, -0.1) is 0 Å². The van der Waals surface area contributed by atoms with Gasteiger partial charge in [-0.2, -0.15) is 5.26 Å². The topological polar surface area (TPSA) is 93.3 Å². The number of nitrogens with zero attached hydrogens (tertiary/aromatic N) is 4. The number of carbonyl (C=O) groups excluding carboxylic acids is 1. The van der Waals surface area contributed by atoms with Crippen molar-refractivity contribution < 1.29 is 9.53 Å². The van der Waals surface area contributed by atoms with Crippen LogP contribution in [0.2, 0.25) is 0 Å². The zero-order valence-corrected chi connectivity index (χ0v) is 23.0. The molecule has 1 fully saturated rings. The number of benzene rings is 2. The minimum atomic E-state index is -0.590. The number of fused-ring (bicyclic) bond motifs is 1. The molecule has 0 spiro atoms. The summed E-state index contributed by atoms with van der Waals surface area (Å²) < 4.78 is 5.45. The number of anilines is 3. The van der Waals surface area contributed by atoms with E-state index >= 15 is 0 Å². The molecule has 1 amide bonds. The normalized spacial score (nSPS) is 14.8. The molecule has 39 heavy (non-hydrogen) atoms. The fourth-order valence-electron chi connectivity index (χ4n) is 4.76. The van der Waals surface area contributed by atoms with Crippen molar-refractivity contribution in [2.75, 3.05) is 37.1 Å². The van der Waals surface area contributed by atoms with E-state index in [9.17, 15) is 10.1 Å². The van der Waals surface area contributed by atoms with Crippen LogP contribution in [0.4, 0.5) is 17.1 Å². The molecule has 0 radical (unpaired) electrons. The largest absolute Gasteiger partial charge is 0.381 e. The van der Waals surface area contributed by atoms with Gasteiger partial charge in [-0.05, 0) is 73.6 Å². The lowest BCUT2D eigenvalue weighted by molar-refractivity contribution is -0.107. The Hall–Kier alpha value is -4.28. The number of pyridine rings is 1. The number of nitrogens with one attached hydrogen (secondary N) is 1.